The van der Waals surface area contributed by atoms with Gasteiger partial charge in [0.1, 0.15) is 5.82 Å². The number of hydrogen-bond acceptors (Lipinski definition) is 4. The minimum Gasteiger partial charge on any atom is -0.351 e. The van der Waals surface area contributed by atoms with Crippen LogP contribution in [0.4, 0.5) is 10.3 Å². The topological polar surface area (TPSA) is 49.8 Å². The van der Waals surface area contributed by atoms with Crippen molar-refractivity contribution in [1.29, 1.82) is 0 Å². The maximum Gasteiger partial charge on any atom is 0.223 e. The SMILES string of the molecule is Fc1ccc2c(c1)CC(Nc1ncc3c(n1)CNC3)C2. The third-order valence-electron chi connectivity index (χ3n) is 4.00. The van der Waals surface area contributed by atoms with Crippen LogP contribution >= 0.6 is 0 Å². The number of hydrogen-bond donors (Lipinski definition) is 2. The summed E-state index contributed by atoms with van der Waals surface area (Å²) in [5.41, 5.74) is 4.55. The fourth-order valence-corrected chi connectivity index (χ4v) is 3.00. The van der Waals surface area contributed by atoms with Gasteiger partial charge in [0.05, 0.1) is 5.69 Å². The summed E-state index contributed by atoms with van der Waals surface area (Å²) in [7, 11) is 0. The van der Waals surface area contributed by atoms with Gasteiger partial charge in [-0.15, -0.1) is 0 Å². The second-order valence-electron chi connectivity index (χ2n) is 5.43. The zero-order valence-electron chi connectivity index (χ0n) is 11.0. The molecule has 0 radical (unpaired) electrons. The van der Waals surface area contributed by atoms with Gasteiger partial charge in [0.15, 0.2) is 0 Å². The summed E-state index contributed by atoms with van der Waals surface area (Å²) < 4.78 is 13.2. The van der Waals surface area contributed by atoms with E-state index in [1.807, 2.05) is 12.3 Å². The maximum absolute atomic E-state index is 13.2. The molecule has 0 saturated carbocycles. The van der Waals surface area contributed by atoms with Crippen molar-refractivity contribution in [3.8, 4) is 0 Å². The highest BCUT2D eigenvalue weighted by Crippen LogP contribution is 2.25. The van der Waals surface area contributed by atoms with E-state index in [1.165, 1.54) is 17.2 Å². The first kappa shape index (κ1) is 11.8. The first-order valence-electron chi connectivity index (χ1n) is 6.87. The Labute approximate surface area is 116 Å². The number of aromatic nitrogens is 2. The Bertz CT molecular complexity index is 671. The van der Waals surface area contributed by atoms with Crippen LogP contribution < -0.4 is 10.6 Å². The van der Waals surface area contributed by atoms with Gasteiger partial charge in [0.25, 0.3) is 0 Å². The molecule has 0 bridgehead atoms. The number of nitrogens with one attached hydrogen (secondary N) is 2. The van der Waals surface area contributed by atoms with Crippen LogP contribution in [-0.2, 0) is 25.9 Å². The van der Waals surface area contributed by atoms with E-state index in [0.29, 0.717) is 5.95 Å². The minimum atomic E-state index is -0.163. The lowest BCUT2D eigenvalue weighted by molar-refractivity contribution is 0.625. The van der Waals surface area contributed by atoms with E-state index in [1.54, 1.807) is 6.07 Å². The lowest BCUT2D eigenvalue weighted by Gasteiger charge is -2.12. The number of rotatable bonds is 2. The fraction of sp³-hybridized carbons (Fsp3) is 0.333. The van der Waals surface area contributed by atoms with Crippen molar-refractivity contribution in [3.63, 3.8) is 0 Å². The van der Waals surface area contributed by atoms with Crippen molar-refractivity contribution in [2.24, 2.45) is 0 Å². The third-order valence-corrected chi connectivity index (χ3v) is 4.00. The molecule has 20 heavy (non-hydrogen) atoms. The average molecular weight is 270 g/mol. The highest BCUT2D eigenvalue weighted by Gasteiger charge is 2.23. The molecular formula is C15H15FN4. The van der Waals surface area contributed by atoms with Crippen molar-refractivity contribution in [3.05, 3.63) is 52.6 Å². The number of nitrogens with zero attached hydrogens (tertiary/aromatic N) is 2. The summed E-state index contributed by atoms with van der Waals surface area (Å²) in [4.78, 5) is 8.90. The molecule has 0 spiro atoms. The molecule has 1 aliphatic heterocycles. The molecule has 4 rings (SSSR count). The van der Waals surface area contributed by atoms with E-state index < -0.39 is 0 Å². The Hall–Kier alpha value is -2.01. The molecule has 2 aromatic rings. The van der Waals surface area contributed by atoms with Crippen molar-refractivity contribution in [2.75, 3.05) is 5.32 Å². The van der Waals surface area contributed by atoms with Gasteiger partial charge in [0.2, 0.25) is 5.95 Å². The molecule has 2 heterocycles. The first-order valence-corrected chi connectivity index (χ1v) is 6.87. The van der Waals surface area contributed by atoms with Crippen LogP contribution in [0.15, 0.2) is 24.4 Å². The normalized spacial score (nSPS) is 19.8. The van der Waals surface area contributed by atoms with Crippen LogP contribution in [-0.4, -0.2) is 16.0 Å². The quantitative estimate of drug-likeness (QED) is 0.873. The molecule has 1 unspecified atom stereocenters. The minimum absolute atomic E-state index is 0.163. The summed E-state index contributed by atoms with van der Waals surface area (Å²) >= 11 is 0. The van der Waals surface area contributed by atoms with Gasteiger partial charge >= 0.3 is 0 Å². The van der Waals surface area contributed by atoms with Crippen molar-refractivity contribution >= 4 is 5.95 Å². The van der Waals surface area contributed by atoms with Gasteiger partial charge in [-0.05, 0) is 36.1 Å². The Morgan fingerprint density at radius 2 is 2.05 bits per heavy atom. The van der Waals surface area contributed by atoms with Gasteiger partial charge in [-0.1, -0.05) is 6.07 Å². The summed E-state index contributed by atoms with van der Waals surface area (Å²) in [5.74, 6) is 0.509. The Kier molecular flexibility index (Phi) is 2.67. The third kappa shape index (κ3) is 2.04. The predicted molar refractivity (Wildman–Crippen MR) is 73.8 cm³/mol. The largest absolute Gasteiger partial charge is 0.351 e. The van der Waals surface area contributed by atoms with Crippen molar-refractivity contribution < 1.29 is 4.39 Å². The van der Waals surface area contributed by atoms with Gasteiger partial charge < -0.3 is 10.6 Å². The second-order valence-corrected chi connectivity index (χ2v) is 5.43. The van der Waals surface area contributed by atoms with Gasteiger partial charge in [-0.25, -0.2) is 14.4 Å². The molecule has 1 aromatic heterocycles. The van der Waals surface area contributed by atoms with Gasteiger partial charge in [-0.3, -0.25) is 0 Å². The van der Waals surface area contributed by atoms with Crippen molar-refractivity contribution in [1.82, 2.24) is 15.3 Å². The van der Waals surface area contributed by atoms with Crippen LogP contribution in [0.5, 0.6) is 0 Å². The van der Waals surface area contributed by atoms with Crippen LogP contribution in [0.25, 0.3) is 0 Å². The average Bonchev–Trinajstić information content (AvgIpc) is 3.03. The molecule has 2 N–H and O–H groups in total. The van der Waals surface area contributed by atoms with Crippen LogP contribution in [0.3, 0.4) is 0 Å². The number of anilines is 1. The van der Waals surface area contributed by atoms with E-state index in [4.69, 9.17) is 0 Å². The lowest BCUT2D eigenvalue weighted by atomic mass is 10.1. The Morgan fingerprint density at radius 3 is 3.00 bits per heavy atom. The van der Waals surface area contributed by atoms with Crippen LogP contribution in [0.1, 0.15) is 22.4 Å². The number of halogens is 1. The lowest BCUT2D eigenvalue weighted by Crippen LogP contribution is -2.21. The molecule has 1 aromatic carbocycles. The molecular weight excluding hydrogens is 255 g/mol. The van der Waals surface area contributed by atoms with E-state index in [9.17, 15) is 4.39 Å². The summed E-state index contributed by atoms with van der Waals surface area (Å²) in [6, 6.07) is 5.28. The Balaban J connectivity index is 1.51. The van der Waals surface area contributed by atoms with Gasteiger partial charge in [0, 0.05) is 30.9 Å². The van der Waals surface area contributed by atoms with Crippen molar-refractivity contribution in [2.45, 2.75) is 32.0 Å². The van der Waals surface area contributed by atoms with E-state index in [0.717, 1.165) is 37.2 Å². The molecule has 0 saturated heterocycles. The molecule has 2 aliphatic rings. The number of benzene rings is 1. The monoisotopic (exact) mass is 270 g/mol. The summed E-state index contributed by atoms with van der Waals surface area (Å²) in [6.07, 6.45) is 3.60. The molecule has 102 valence electrons. The molecule has 0 amide bonds. The van der Waals surface area contributed by atoms with Crippen LogP contribution in [0.2, 0.25) is 0 Å². The van der Waals surface area contributed by atoms with E-state index >= 15 is 0 Å². The summed E-state index contributed by atoms with van der Waals surface area (Å²) in [6.45, 7) is 1.66. The molecule has 5 heteroatoms. The smallest absolute Gasteiger partial charge is 0.223 e. The molecule has 1 atom stereocenters. The van der Waals surface area contributed by atoms with E-state index in [-0.39, 0.29) is 11.9 Å². The number of fused-ring (bicyclic) bond motifs is 2. The maximum atomic E-state index is 13.2. The Morgan fingerprint density at radius 1 is 1.15 bits per heavy atom. The zero-order valence-corrected chi connectivity index (χ0v) is 11.0. The van der Waals surface area contributed by atoms with Gasteiger partial charge in [-0.2, -0.15) is 0 Å². The molecule has 0 fully saturated rings. The van der Waals surface area contributed by atoms with Crippen LogP contribution in [0, 0.1) is 5.82 Å². The molecule has 4 nitrogen and oxygen atoms in total. The molecule has 1 aliphatic carbocycles. The van der Waals surface area contributed by atoms with E-state index in [2.05, 4.69) is 20.6 Å². The first-order chi connectivity index (χ1) is 9.78. The predicted octanol–water partition coefficient (Wildman–Crippen LogP) is 1.80. The standard InChI is InChI=1S/C15H15FN4/c16-12-2-1-9-4-13(5-10(9)3-12)19-15-18-7-11-6-17-8-14(11)20-15/h1-3,7,13,17H,4-6,8H2,(H,18,19,20). The second kappa shape index (κ2) is 4.52. The fourth-order valence-electron chi connectivity index (χ4n) is 3.00. The zero-order chi connectivity index (χ0) is 13.5. The summed E-state index contributed by atoms with van der Waals surface area (Å²) in [5, 5.41) is 6.62. The highest BCUT2D eigenvalue weighted by atomic mass is 19.1. The highest BCUT2D eigenvalue weighted by molar-refractivity contribution is 5.39.